The predicted molar refractivity (Wildman–Crippen MR) is 123 cm³/mol. The van der Waals surface area contributed by atoms with Crippen LogP contribution >= 0.6 is 0 Å². The fraction of sp³-hybridized carbons (Fsp3) is 0.923. The molecule has 0 unspecified atom stereocenters. The Balaban J connectivity index is 2.00. The molecule has 0 aromatic rings. The molecule has 1 fully saturated rings. The molecule has 1 aliphatic carbocycles. The molecule has 1 aliphatic rings. The Hall–Kier alpha value is -1.06. The Kier molecular flexibility index (Phi) is 16.8. The second kappa shape index (κ2) is 18.7. The highest BCUT2D eigenvalue weighted by atomic mass is 16.5. The van der Waals surface area contributed by atoms with Gasteiger partial charge in [-0.3, -0.25) is 9.59 Å². The third-order valence-electron chi connectivity index (χ3n) is 6.38. The van der Waals surface area contributed by atoms with E-state index in [1.807, 2.05) is 0 Å². The SMILES string of the molecule is CCCCCCCCCCOC(=O)C1CCC(C(=O)OCCCCCCCC)CC1. The van der Waals surface area contributed by atoms with Crippen LogP contribution < -0.4 is 0 Å². The lowest BCUT2D eigenvalue weighted by atomic mass is 9.82. The summed E-state index contributed by atoms with van der Waals surface area (Å²) < 4.78 is 10.9. The Morgan fingerprint density at radius 3 is 1.17 bits per heavy atom. The molecule has 30 heavy (non-hydrogen) atoms. The van der Waals surface area contributed by atoms with Crippen LogP contribution in [0.2, 0.25) is 0 Å². The maximum absolute atomic E-state index is 12.3. The van der Waals surface area contributed by atoms with Gasteiger partial charge in [0.15, 0.2) is 0 Å². The summed E-state index contributed by atoms with van der Waals surface area (Å²) in [5.74, 6) is -0.172. The number of esters is 2. The van der Waals surface area contributed by atoms with E-state index in [1.54, 1.807) is 0 Å². The highest BCUT2D eigenvalue weighted by molar-refractivity contribution is 5.75. The van der Waals surface area contributed by atoms with Gasteiger partial charge in [0.25, 0.3) is 0 Å². The number of carbonyl (C=O) groups excluding carboxylic acids is 2. The first-order valence-electron chi connectivity index (χ1n) is 13.0. The third-order valence-corrected chi connectivity index (χ3v) is 6.38. The van der Waals surface area contributed by atoms with Gasteiger partial charge >= 0.3 is 11.9 Å². The molecule has 0 radical (unpaired) electrons. The summed E-state index contributed by atoms with van der Waals surface area (Å²) in [6.07, 6.45) is 20.2. The fourth-order valence-corrected chi connectivity index (χ4v) is 4.26. The fourth-order valence-electron chi connectivity index (χ4n) is 4.26. The number of hydrogen-bond acceptors (Lipinski definition) is 4. The predicted octanol–water partition coefficient (Wildman–Crippen LogP) is 7.38. The van der Waals surface area contributed by atoms with Crippen molar-refractivity contribution < 1.29 is 19.1 Å². The normalized spacial score (nSPS) is 18.9. The number of carbonyl (C=O) groups is 2. The monoisotopic (exact) mass is 424 g/mol. The van der Waals surface area contributed by atoms with E-state index in [2.05, 4.69) is 13.8 Å². The summed E-state index contributed by atoms with van der Waals surface area (Å²) >= 11 is 0. The minimum Gasteiger partial charge on any atom is -0.465 e. The molecule has 4 heteroatoms. The maximum atomic E-state index is 12.3. The minimum absolute atomic E-state index is 0.0261. The second-order valence-electron chi connectivity index (χ2n) is 9.13. The summed E-state index contributed by atoms with van der Waals surface area (Å²) in [5, 5.41) is 0. The molecule has 1 saturated carbocycles. The van der Waals surface area contributed by atoms with Crippen molar-refractivity contribution in [1.29, 1.82) is 0 Å². The zero-order valence-corrected chi connectivity index (χ0v) is 19.9. The minimum atomic E-state index is -0.0608. The van der Waals surface area contributed by atoms with E-state index in [4.69, 9.17) is 9.47 Å². The first-order valence-corrected chi connectivity index (χ1v) is 13.0. The van der Waals surface area contributed by atoms with E-state index >= 15 is 0 Å². The van der Waals surface area contributed by atoms with Gasteiger partial charge in [-0.1, -0.05) is 90.9 Å². The van der Waals surface area contributed by atoms with Crippen molar-refractivity contribution in [3.8, 4) is 0 Å². The summed E-state index contributed by atoms with van der Waals surface area (Å²) in [6.45, 7) is 5.55. The van der Waals surface area contributed by atoms with Gasteiger partial charge in [0.1, 0.15) is 0 Å². The molecule has 0 aromatic carbocycles. The van der Waals surface area contributed by atoms with Crippen molar-refractivity contribution in [2.24, 2.45) is 11.8 Å². The van der Waals surface area contributed by atoms with Crippen LogP contribution in [-0.4, -0.2) is 25.2 Å². The molecule has 0 saturated heterocycles. The highest BCUT2D eigenvalue weighted by Crippen LogP contribution is 2.30. The van der Waals surface area contributed by atoms with Crippen molar-refractivity contribution in [3.63, 3.8) is 0 Å². The molecule has 1 rings (SSSR count). The number of unbranched alkanes of at least 4 members (excludes halogenated alkanes) is 12. The topological polar surface area (TPSA) is 52.6 Å². The maximum Gasteiger partial charge on any atom is 0.308 e. The van der Waals surface area contributed by atoms with E-state index in [0.29, 0.717) is 13.2 Å². The molecule has 0 atom stereocenters. The van der Waals surface area contributed by atoms with Crippen LogP contribution in [-0.2, 0) is 19.1 Å². The molecule has 0 aliphatic heterocycles. The molecule has 0 spiro atoms. The van der Waals surface area contributed by atoms with Crippen molar-refractivity contribution in [2.45, 2.75) is 129 Å². The summed E-state index contributed by atoms with van der Waals surface area (Å²) in [6, 6.07) is 0. The molecular weight excluding hydrogens is 376 g/mol. The molecule has 0 bridgehead atoms. The van der Waals surface area contributed by atoms with Crippen molar-refractivity contribution in [2.75, 3.05) is 13.2 Å². The summed E-state index contributed by atoms with van der Waals surface area (Å²) in [7, 11) is 0. The second-order valence-corrected chi connectivity index (χ2v) is 9.13. The van der Waals surface area contributed by atoms with Crippen LogP contribution in [0.25, 0.3) is 0 Å². The molecule has 0 heterocycles. The van der Waals surface area contributed by atoms with Crippen LogP contribution in [0.1, 0.15) is 129 Å². The Morgan fingerprint density at radius 1 is 0.533 bits per heavy atom. The first kappa shape index (κ1) is 27.0. The molecule has 0 N–H and O–H groups in total. The van der Waals surface area contributed by atoms with Gasteiger partial charge in [-0.15, -0.1) is 0 Å². The van der Waals surface area contributed by atoms with Crippen LogP contribution in [0.3, 0.4) is 0 Å². The van der Waals surface area contributed by atoms with E-state index in [0.717, 1.165) is 51.4 Å². The van der Waals surface area contributed by atoms with Crippen LogP contribution in [0, 0.1) is 11.8 Å². The standard InChI is InChI=1S/C26H48O4/c1-3-5-7-9-11-12-14-16-22-30-26(28)24-19-17-23(18-20-24)25(27)29-21-15-13-10-8-6-4-2/h23-24H,3-22H2,1-2H3. The average molecular weight is 425 g/mol. The van der Waals surface area contributed by atoms with Gasteiger partial charge in [-0.05, 0) is 38.5 Å². The Labute approximate surface area is 185 Å². The van der Waals surface area contributed by atoms with Crippen molar-refractivity contribution in [3.05, 3.63) is 0 Å². The molecule has 4 nitrogen and oxygen atoms in total. The van der Waals surface area contributed by atoms with Gasteiger partial charge in [0.05, 0.1) is 25.0 Å². The molecule has 0 aromatic heterocycles. The lowest BCUT2D eigenvalue weighted by molar-refractivity contribution is -0.155. The Bertz CT molecular complexity index is 427. The van der Waals surface area contributed by atoms with Crippen LogP contribution in [0.5, 0.6) is 0 Å². The van der Waals surface area contributed by atoms with E-state index in [1.165, 1.54) is 64.2 Å². The lowest BCUT2D eigenvalue weighted by Gasteiger charge is -2.26. The first-order chi connectivity index (χ1) is 14.7. The number of rotatable bonds is 18. The zero-order chi connectivity index (χ0) is 21.9. The third kappa shape index (κ3) is 13.3. The van der Waals surface area contributed by atoms with Gasteiger partial charge < -0.3 is 9.47 Å². The van der Waals surface area contributed by atoms with Gasteiger partial charge in [0.2, 0.25) is 0 Å². The molecule has 176 valence electrons. The Morgan fingerprint density at radius 2 is 0.833 bits per heavy atom. The molecular formula is C26H48O4. The lowest BCUT2D eigenvalue weighted by Crippen LogP contribution is -2.28. The van der Waals surface area contributed by atoms with E-state index in [9.17, 15) is 9.59 Å². The van der Waals surface area contributed by atoms with Crippen LogP contribution in [0.15, 0.2) is 0 Å². The number of hydrogen-bond donors (Lipinski definition) is 0. The average Bonchev–Trinajstić information content (AvgIpc) is 2.77. The zero-order valence-electron chi connectivity index (χ0n) is 19.9. The van der Waals surface area contributed by atoms with Crippen LogP contribution in [0.4, 0.5) is 0 Å². The van der Waals surface area contributed by atoms with Crippen molar-refractivity contribution >= 4 is 11.9 Å². The van der Waals surface area contributed by atoms with Crippen molar-refractivity contribution in [1.82, 2.24) is 0 Å². The van der Waals surface area contributed by atoms with Gasteiger partial charge in [-0.2, -0.15) is 0 Å². The van der Waals surface area contributed by atoms with E-state index in [-0.39, 0.29) is 23.8 Å². The summed E-state index contributed by atoms with van der Waals surface area (Å²) in [5.41, 5.74) is 0. The smallest absolute Gasteiger partial charge is 0.308 e. The molecule has 0 amide bonds. The quantitative estimate of drug-likeness (QED) is 0.170. The van der Waals surface area contributed by atoms with Gasteiger partial charge in [0, 0.05) is 0 Å². The highest BCUT2D eigenvalue weighted by Gasteiger charge is 2.31. The van der Waals surface area contributed by atoms with Gasteiger partial charge in [-0.25, -0.2) is 0 Å². The number of ether oxygens (including phenoxy) is 2. The summed E-state index contributed by atoms with van der Waals surface area (Å²) in [4.78, 5) is 24.5. The largest absolute Gasteiger partial charge is 0.465 e. The van der Waals surface area contributed by atoms with E-state index < -0.39 is 0 Å².